The maximum Gasteiger partial charge on any atom is 0.237 e. The second-order valence-electron chi connectivity index (χ2n) is 7.54. The van der Waals surface area contributed by atoms with E-state index >= 15 is 0 Å². The lowest BCUT2D eigenvalue weighted by molar-refractivity contribution is 0.232. The smallest absolute Gasteiger partial charge is 0.237 e. The number of rotatable bonds is 5. The number of aromatic nitrogens is 4. The molecule has 0 spiro atoms. The molecule has 2 bridgehead atoms. The molecular formula is C18H26N4OS. The number of imidazole rings is 1. The van der Waals surface area contributed by atoms with Crippen LogP contribution in [0.2, 0.25) is 0 Å². The van der Waals surface area contributed by atoms with Crippen molar-refractivity contribution in [2.45, 2.75) is 70.3 Å². The van der Waals surface area contributed by atoms with Gasteiger partial charge < -0.3 is 9.09 Å². The van der Waals surface area contributed by atoms with Crippen LogP contribution in [0.4, 0.5) is 0 Å². The summed E-state index contributed by atoms with van der Waals surface area (Å²) >= 11 is 1.71. The van der Waals surface area contributed by atoms with E-state index in [1.54, 1.807) is 11.8 Å². The highest BCUT2D eigenvalue weighted by Crippen LogP contribution is 2.52. The van der Waals surface area contributed by atoms with Gasteiger partial charge in [0.15, 0.2) is 11.0 Å². The van der Waals surface area contributed by atoms with Crippen LogP contribution in [0.5, 0.6) is 0 Å². The quantitative estimate of drug-likeness (QED) is 0.747. The summed E-state index contributed by atoms with van der Waals surface area (Å²) in [6.45, 7) is 8.55. The van der Waals surface area contributed by atoms with Crippen LogP contribution >= 0.6 is 11.8 Å². The number of thioether (sulfide) groups is 1. The molecule has 0 unspecified atom stereocenters. The molecule has 24 heavy (non-hydrogen) atoms. The molecule has 0 radical (unpaired) electrons. The normalized spacial score (nSPS) is 27.1. The summed E-state index contributed by atoms with van der Waals surface area (Å²) in [4.78, 5) is 9.13. The van der Waals surface area contributed by atoms with Crippen molar-refractivity contribution in [3.8, 4) is 0 Å². The van der Waals surface area contributed by atoms with Crippen molar-refractivity contribution in [2.75, 3.05) is 0 Å². The number of hydrogen-bond donors (Lipinski definition) is 0. The Labute approximate surface area is 147 Å². The predicted octanol–water partition coefficient (Wildman–Crippen LogP) is 4.48. The second-order valence-corrected chi connectivity index (χ2v) is 8.48. The molecule has 2 saturated carbocycles. The molecule has 4 rings (SSSR count). The number of fused-ring (bicyclic) bond motifs is 2. The van der Waals surface area contributed by atoms with Crippen molar-refractivity contribution >= 4 is 11.8 Å². The van der Waals surface area contributed by atoms with E-state index < -0.39 is 0 Å². The Balaban J connectivity index is 1.55. The average Bonchev–Trinajstić information content (AvgIpc) is 3.31. The van der Waals surface area contributed by atoms with Crippen molar-refractivity contribution in [3.63, 3.8) is 0 Å². The summed E-state index contributed by atoms with van der Waals surface area (Å²) in [6, 6.07) is 0.522. The Morgan fingerprint density at radius 1 is 1.21 bits per heavy atom. The largest absolute Gasteiger partial charge is 0.338 e. The van der Waals surface area contributed by atoms with E-state index in [0.717, 1.165) is 28.6 Å². The SMILES string of the molecule is Cc1noc(CSc2nc(C)c(C)n2[C@@H](C)[C@H]2C[C@H]3CC[C@H]2C3)n1. The van der Waals surface area contributed by atoms with E-state index in [4.69, 9.17) is 9.51 Å². The monoisotopic (exact) mass is 346 g/mol. The van der Waals surface area contributed by atoms with Gasteiger partial charge in [-0.2, -0.15) is 4.98 Å². The minimum atomic E-state index is 0.522. The van der Waals surface area contributed by atoms with Crippen LogP contribution in [0.25, 0.3) is 0 Å². The van der Waals surface area contributed by atoms with Crippen LogP contribution < -0.4 is 0 Å². The standard InChI is InChI=1S/C18H26N4OS/c1-10-11(2)22(12(3)16-8-14-5-6-15(16)7-14)18(19-10)24-9-17-20-13(4)21-23-17/h12,14-16H,5-9H2,1-4H3/t12-,14-,15-,16+/m0/s1. The lowest BCUT2D eigenvalue weighted by Gasteiger charge is -2.30. The molecule has 0 amide bonds. The third-order valence-electron chi connectivity index (χ3n) is 6.07. The van der Waals surface area contributed by atoms with Crippen molar-refractivity contribution in [3.05, 3.63) is 23.1 Å². The minimum absolute atomic E-state index is 0.522. The number of aryl methyl sites for hydroxylation is 2. The van der Waals surface area contributed by atoms with Crippen LogP contribution in [0.15, 0.2) is 9.68 Å². The first-order valence-electron chi connectivity index (χ1n) is 9.00. The van der Waals surface area contributed by atoms with E-state index in [2.05, 4.69) is 35.5 Å². The predicted molar refractivity (Wildman–Crippen MR) is 93.9 cm³/mol. The molecule has 2 aromatic heterocycles. The third kappa shape index (κ3) is 2.79. The van der Waals surface area contributed by atoms with Crippen LogP contribution in [-0.2, 0) is 5.75 Å². The molecule has 2 fully saturated rings. The average molecular weight is 347 g/mol. The number of nitrogens with zero attached hydrogens (tertiary/aromatic N) is 4. The summed E-state index contributed by atoms with van der Waals surface area (Å²) < 4.78 is 7.71. The molecule has 2 aliphatic carbocycles. The lowest BCUT2D eigenvalue weighted by Crippen LogP contribution is -2.23. The van der Waals surface area contributed by atoms with E-state index in [0.29, 0.717) is 23.5 Å². The first-order chi connectivity index (χ1) is 11.5. The van der Waals surface area contributed by atoms with Crippen molar-refractivity contribution in [1.29, 1.82) is 0 Å². The zero-order valence-electron chi connectivity index (χ0n) is 15.0. The summed E-state index contributed by atoms with van der Waals surface area (Å²) in [5.74, 6) is 4.75. The van der Waals surface area contributed by atoms with E-state index in [1.807, 2.05) is 6.92 Å². The first-order valence-corrected chi connectivity index (χ1v) is 9.99. The van der Waals surface area contributed by atoms with Crippen LogP contribution in [0.3, 0.4) is 0 Å². The topological polar surface area (TPSA) is 56.7 Å². The van der Waals surface area contributed by atoms with Gasteiger partial charge in [0.1, 0.15) is 0 Å². The van der Waals surface area contributed by atoms with E-state index in [-0.39, 0.29) is 0 Å². The highest BCUT2D eigenvalue weighted by molar-refractivity contribution is 7.98. The van der Waals surface area contributed by atoms with Gasteiger partial charge >= 0.3 is 0 Å². The Morgan fingerprint density at radius 2 is 2.04 bits per heavy atom. The van der Waals surface area contributed by atoms with E-state index in [9.17, 15) is 0 Å². The van der Waals surface area contributed by atoms with Crippen LogP contribution in [-0.4, -0.2) is 19.7 Å². The Kier molecular flexibility index (Phi) is 4.19. The van der Waals surface area contributed by atoms with Gasteiger partial charge in [0.05, 0.1) is 11.4 Å². The summed E-state index contributed by atoms with van der Waals surface area (Å²) in [6.07, 6.45) is 5.73. The Morgan fingerprint density at radius 3 is 2.67 bits per heavy atom. The van der Waals surface area contributed by atoms with Gasteiger partial charge in [-0.3, -0.25) is 0 Å². The Bertz CT molecular complexity index is 737. The second kappa shape index (κ2) is 6.21. The van der Waals surface area contributed by atoms with Crippen molar-refractivity contribution in [1.82, 2.24) is 19.7 Å². The van der Waals surface area contributed by atoms with Gasteiger partial charge in [-0.1, -0.05) is 23.3 Å². The molecule has 2 aromatic rings. The van der Waals surface area contributed by atoms with E-state index in [1.165, 1.54) is 31.4 Å². The summed E-state index contributed by atoms with van der Waals surface area (Å²) in [7, 11) is 0. The molecule has 130 valence electrons. The van der Waals surface area contributed by atoms with Gasteiger partial charge in [-0.05, 0) is 64.7 Å². The van der Waals surface area contributed by atoms with Gasteiger partial charge in [-0.15, -0.1) is 0 Å². The first kappa shape index (κ1) is 16.2. The van der Waals surface area contributed by atoms with Gasteiger partial charge in [0.2, 0.25) is 5.89 Å². The number of hydrogen-bond acceptors (Lipinski definition) is 5. The van der Waals surface area contributed by atoms with Gasteiger partial charge in [0.25, 0.3) is 0 Å². The molecule has 0 N–H and O–H groups in total. The van der Waals surface area contributed by atoms with Crippen LogP contribution in [0.1, 0.15) is 61.8 Å². The fraction of sp³-hybridized carbons (Fsp3) is 0.722. The molecule has 6 heteroatoms. The molecule has 0 aliphatic heterocycles. The molecule has 0 aromatic carbocycles. The summed E-state index contributed by atoms with van der Waals surface area (Å²) in [5, 5.41) is 4.97. The highest BCUT2D eigenvalue weighted by atomic mass is 32.2. The molecular weight excluding hydrogens is 320 g/mol. The molecule has 2 heterocycles. The molecule has 5 nitrogen and oxygen atoms in total. The zero-order valence-corrected chi connectivity index (χ0v) is 15.8. The maximum absolute atomic E-state index is 5.24. The fourth-order valence-electron chi connectivity index (χ4n) is 4.78. The van der Waals surface area contributed by atoms with Gasteiger partial charge in [-0.25, -0.2) is 4.98 Å². The fourth-order valence-corrected chi connectivity index (χ4v) is 5.79. The maximum atomic E-state index is 5.24. The summed E-state index contributed by atoms with van der Waals surface area (Å²) in [5.41, 5.74) is 2.43. The Hall–Kier alpha value is -1.30. The van der Waals surface area contributed by atoms with Crippen molar-refractivity contribution in [2.24, 2.45) is 17.8 Å². The molecule has 4 atom stereocenters. The lowest BCUT2D eigenvalue weighted by atomic mass is 9.84. The zero-order chi connectivity index (χ0) is 16.8. The van der Waals surface area contributed by atoms with Crippen LogP contribution in [0, 0.1) is 38.5 Å². The van der Waals surface area contributed by atoms with Gasteiger partial charge in [0, 0.05) is 11.7 Å². The minimum Gasteiger partial charge on any atom is -0.338 e. The van der Waals surface area contributed by atoms with Crippen molar-refractivity contribution < 1.29 is 4.52 Å². The molecule has 0 saturated heterocycles. The molecule has 2 aliphatic rings. The third-order valence-corrected chi connectivity index (χ3v) is 7.01. The highest BCUT2D eigenvalue weighted by Gasteiger charge is 2.43.